The highest BCUT2D eigenvalue weighted by Crippen LogP contribution is 2.59. The molecule has 230 valence electrons. The summed E-state index contributed by atoms with van der Waals surface area (Å²) in [5, 5.41) is 15.5. The number of nitrogens with zero attached hydrogens (tertiary/aromatic N) is 4. The summed E-state index contributed by atoms with van der Waals surface area (Å²) in [7, 11) is 1.21. The quantitative estimate of drug-likeness (QED) is 0.525. The van der Waals surface area contributed by atoms with Gasteiger partial charge in [-0.05, 0) is 60.5 Å². The zero-order valence-electron chi connectivity index (χ0n) is 24.7. The van der Waals surface area contributed by atoms with E-state index in [9.17, 15) is 24.4 Å². The van der Waals surface area contributed by atoms with Crippen molar-refractivity contribution in [2.24, 2.45) is 29.1 Å². The standard InChI is InChI=1S/C30H37FN6O6/c1-5-29(2,3)23(34-28(41)42-4)26(39)36-13-18-15-9-17(19(31)10-15)21(18)22(36)25(38)37-14-30(11-16(37)12-32)27(40)35-24-20(43-30)7-6-8-33-24/h6-8,15-19,21-23H,5,9-11,13-14H2,1-4H3,(H,34,41)(H,33,35,40). The monoisotopic (exact) mass is 596 g/mol. The van der Waals surface area contributed by atoms with Gasteiger partial charge in [0.25, 0.3) is 5.91 Å². The minimum Gasteiger partial charge on any atom is -0.472 e. The Morgan fingerprint density at radius 1 is 1.33 bits per heavy atom. The molecule has 6 rings (SSSR count). The molecule has 4 amide bonds. The van der Waals surface area contributed by atoms with Crippen molar-refractivity contribution in [3.05, 3.63) is 18.3 Å². The van der Waals surface area contributed by atoms with Gasteiger partial charge in [0.15, 0.2) is 11.6 Å². The average molecular weight is 597 g/mol. The molecule has 0 aromatic carbocycles. The van der Waals surface area contributed by atoms with Gasteiger partial charge in [0, 0.05) is 19.2 Å². The van der Waals surface area contributed by atoms with Gasteiger partial charge >= 0.3 is 6.09 Å². The number of nitrogens with one attached hydrogen (secondary N) is 2. The lowest BCUT2D eigenvalue weighted by Crippen LogP contribution is -2.60. The molecular weight excluding hydrogens is 559 g/mol. The first kappa shape index (κ1) is 29.1. The van der Waals surface area contributed by atoms with Gasteiger partial charge in [0.2, 0.25) is 17.4 Å². The number of fused-ring (bicyclic) bond motifs is 6. The SMILES string of the molecule is CCC(C)(C)C(NC(=O)OC)C(=O)N1CC2C3CC(F)C(C3)C2C1C(=O)N1CC2(CC1C#N)Oc1cccnc1NC2=O. The van der Waals surface area contributed by atoms with E-state index in [1.54, 1.807) is 12.1 Å². The molecule has 9 atom stereocenters. The van der Waals surface area contributed by atoms with Gasteiger partial charge < -0.3 is 29.9 Å². The fraction of sp³-hybridized carbons (Fsp3) is 0.667. The van der Waals surface area contributed by atoms with Crippen LogP contribution < -0.4 is 15.4 Å². The Morgan fingerprint density at radius 3 is 2.79 bits per heavy atom. The number of hydrogen-bond donors (Lipinski definition) is 2. The second kappa shape index (κ2) is 10.3. The van der Waals surface area contributed by atoms with E-state index in [0.717, 1.165) is 0 Å². The smallest absolute Gasteiger partial charge is 0.407 e. The van der Waals surface area contributed by atoms with Crippen LogP contribution in [0.25, 0.3) is 0 Å². The molecule has 2 saturated heterocycles. The van der Waals surface area contributed by atoms with Gasteiger partial charge in [-0.1, -0.05) is 20.8 Å². The number of carbonyl (C=O) groups excluding carboxylic acids is 4. The van der Waals surface area contributed by atoms with Crippen LogP contribution in [0.15, 0.2) is 18.3 Å². The van der Waals surface area contributed by atoms with E-state index < -0.39 is 71.0 Å². The molecule has 12 nitrogen and oxygen atoms in total. The fourth-order valence-corrected chi connectivity index (χ4v) is 8.06. The molecule has 2 saturated carbocycles. The van der Waals surface area contributed by atoms with Crippen LogP contribution in [0.4, 0.5) is 15.0 Å². The molecule has 1 aromatic heterocycles. The Kier molecular flexibility index (Phi) is 7.01. The lowest BCUT2D eigenvalue weighted by molar-refractivity contribution is -0.149. The molecular formula is C30H37FN6O6. The number of carbonyl (C=O) groups is 4. The van der Waals surface area contributed by atoms with Crippen molar-refractivity contribution in [2.45, 2.75) is 76.4 Å². The molecule has 2 N–H and O–H groups in total. The summed E-state index contributed by atoms with van der Waals surface area (Å²) >= 11 is 0. The summed E-state index contributed by atoms with van der Waals surface area (Å²) in [4.78, 5) is 61.5. The van der Waals surface area contributed by atoms with Gasteiger partial charge in [-0.2, -0.15) is 5.26 Å². The summed E-state index contributed by atoms with van der Waals surface area (Å²) in [6.07, 6.45) is 1.17. The summed E-state index contributed by atoms with van der Waals surface area (Å²) in [5.41, 5.74) is -2.21. The minimum atomic E-state index is -1.52. The summed E-state index contributed by atoms with van der Waals surface area (Å²) in [6.45, 7) is 5.64. The predicted octanol–water partition coefficient (Wildman–Crippen LogP) is 2.26. The average Bonchev–Trinajstić information content (AvgIpc) is 3.75. The Balaban J connectivity index is 1.35. The molecule has 1 spiro atoms. The van der Waals surface area contributed by atoms with Crippen LogP contribution in [-0.2, 0) is 19.1 Å². The van der Waals surface area contributed by atoms with E-state index >= 15 is 4.39 Å². The van der Waals surface area contributed by atoms with Crippen molar-refractivity contribution in [2.75, 3.05) is 25.5 Å². The topological polar surface area (TPSA) is 154 Å². The number of halogens is 1. The van der Waals surface area contributed by atoms with E-state index in [0.29, 0.717) is 25.0 Å². The van der Waals surface area contributed by atoms with E-state index in [4.69, 9.17) is 9.47 Å². The van der Waals surface area contributed by atoms with Crippen LogP contribution in [0.2, 0.25) is 0 Å². The second-order valence-corrected chi connectivity index (χ2v) is 13.2. The largest absolute Gasteiger partial charge is 0.472 e. The maximum Gasteiger partial charge on any atom is 0.407 e. The molecule has 4 heterocycles. The number of methoxy groups -OCH3 is 1. The highest BCUT2D eigenvalue weighted by molar-refractivity contribution is 6.01. The molecule has 0 radical (unpaired) electrons. The Morgan fingerprint density at radius 2 is 2.09 bits per heavy atom. The lowest BCUT2D eigenvalue weighted by atomic mass is 9.77. The van der Waals surface area contributed by atoms with Gasteiger partial charge in [0.1, 0.15) is 24.3 Å². The van der Waals surface area contributed by atoms with Crippen molar-refractivity contribution in [3.8, 4) is 11.8 Å². The van der Waals surface area contributed by atoms with Gasteiger partial charge in [-0.25, -0.2) is 14.2 Å². The zero-order chi connectivity index (χ0) is 30.8. The summed E-state index contributed by atoms with van der Waals surface area (Å²) < 4.78 is 26.1. The van der Waals surface area contributed by atoms with E-state index in [-0.39, 0.29) is 37.2 Å². The predicted molar refractivity (Wildman–Crippen MR) is 149 cm³/mol. The highest BCUT2D eigenvalue weighted by atomic mass is 19.1. The van der Waals surface area contributed by atoms with Crippen LogP contribution >= 0.6 is 0 Å². The fourth-order valence-electron chi connectivity index (χ4n) is 8.06. The molecule has 13 heteroatoms. The molecule has 4 fully saturated rings. The maximum atomic E-state index is 15.2. The van der Waals surface area contributed by atoms with Gasteiger partial charge in [-0.3, -0.25) is 14.4 Å². The molecule has 2 bridgehead atoms. The number of ether oxygens (including phenoxy) is 2. The molecule has 5 aliphatic rings. The number of aromatic nitrogens is 1. The third-order valence-corrected chi connectivity index (χ3v) is 10.7. The Hall–Kier alpha value is -3.95. The third kappa shape index (κ3) is 4.48. The highest BCUT2D eigenvalue weighted by Gasteiger charge is 2.65. The molecule has 2 aliphatic carbocycles. The Bertz CT molecular complexity index is 1400. The summed E-state index contributed by atoms with van der Waals surface area (Å²) in [6, 6.07) is 2.39. The molecule has 43 heavy (non-hydrogen) atoms. The second-order valence-electron chi connectivity index (χ2n) is 13.2. The van der Waals surface area contributed by atoms with Gasteiger partial charge in [0.05, 0.1) is 19.7 Å². The number of amides is 4. The number of nitriles is 1. The number of rotatable bonds is 5. The minimum absolute atomic E-state index is 0.0393. The van der Waals surface area contributed by atoms with E-state index in [1.807, 2.05) is 20.8 Å². The van der Waals surface area contributed by atoms with Crippen LogP contribution in [0.5, 0.6) is 5.75 Å². The van der Waals surface area contributed by atoms with Crippen LogP contribution in [0.1, 0.15) is 46.5 Å². The normalized spacial score (nSPS) is 34.6. The van der Waals surface area contributed by atoms with Crippen molar-refractivity contribution < 1.29 is 33.0 Å². The molecule has 9 unspecified atom stereocenters. The van der Waals surface area contributed by atoms with Crippen LogP contribution in [0, 0.1) is 40.4 Å². The number of hydrogen-bond acceptors (Lipinski definition) is 8. The first-order valence-corrected chi connectivity index (χ1v) is 14.9. The van der Waals surface area contributed by atoms with Crippen LogP contribution in [-0.4, -0.2) is 88.7 Å². The molecule has 1 aromatic rings. The lowest BCUT2D eigenvalue weighted by Gasteiger charge is -2.39. The van der Waals surface area contributed by atoms with Crippen molar-refractivity contribution in [1.29, 1.82) is 5.26 Å². The number of anilines is 1. The maximum absolute atomic E-state index is 15.2. The van der Waals surface area contributed by atoms with Crippen molar-refractivity contribution in [1.82, 2.24) is 20.1 Å². The van der Waals surface area contributed by atoms with Gasteiger partial charge in [-0.15, -0.1) is 0 Å². The third-order valence-electron chi connectivity index (χ3n) is 10.7. The van der Waals surface area contributed by atoms with Crippen molar-refractivity contribution in [3.63, 3.8) is 0 Å². The van der Waals surface area contributed by atoms with E-state index in [2.05, 4.69) is 21.7 Å². The molecule has 3 aliphatic heterocycles. The zero-order valence-corrected chi connectivity index (χ0v) is 24.7. The number of alkyl halides is 1. The van der Waals surface area contributed by atoms with Crippen molar-refractivity contribution >= 4 is 29.6 Å². The number of likely N-dealkylation sites (tertiary alicyclic amines) is 2. The Labute approximate surface area is 249 Å². The first-order chi connectivity index (χ1) is 20.4. The first-order valence-electron chi connectivity index (χ1n) is 14.9. The van der Waals surface area contributed by atoms with Crippen LogP contribution in [0.3, 0.4) is 0 Å². The number of alkyl carbamates (subject to hydrolysis) is 1. The number of pyridine rings is 1. The summed E-state index contributed by atoms with van der Waals surface area (Å²) in [5.74, 6) is -1.75. The van der Waals surface area contributed by atoms with E-state index in [1.165, 1.54) is 23.1 Å².